The van der Waals surface area contributed by atoms with Gasteiger partial charge in [-0.05, 0) is 38.8 Å². The van der Waals surface area contributed by atoms with Gasteiger partial charge in [-0.3, -0.25) is 0 Å². The number of rotatable bonds is 2. The molecule has 0 spiro atoms. The first-order valence-corrected chi connectivity index (χ1v) is 5.64. The van der Waals surface area contributed by atoms with E-state index in [2.05, 4.69) is 55.7 Å². The summed E-state index contributed by atoms with van der Waals surface area (Å²) in [5, 5.41) is 7.08. The molecule has 1 unspecified atom stereocenters. The molecule has 0 aliphatic carbocycles. The first-order chi connectivity index (χ1) is 7.04. The Bertz CT molecular complexity index is 314. The minimum atomic E-state index is 0.205. The zero-order chi connectivity index (χ0) is 10.9. The van der Waals surface area contributed by atoms with E-state index in [-0.39, 0.29) is 5.54 Å². The summed E-state index contributed by atoms with van der Waals surface area (Å²) in [6, 6.07) is 9.11. The third-order valence-electron chi connectivity index (χ3n) is 2.72. The van der Waals surface area contributed by atoms with Crippen LogP contribution in [0.1, 0.15) is 26.3 Å². The van der Waals surface area contributed by atoms with E-state index in [0.717, 1.165) is 13.0 Å². The molecule has 1 aromatic carbocycles. The van der Waals surface area contributed by atoms with Crippen molar-refractivity contribution in [1.29, 1.82) is 0 Å². The Labute approximate surface area is 92.1 Å². The monoisotopic (exact) mass is 204 g/mol. The van der Waals surface area contributed by atoms with Gasteiger partial charge < -0.3 is 10.6 Å². The van der Waals surface area contributed by atoms with Crippen molar-refractivity contribution in [2.45, 2.75) is 38.8 Å². The van der Waals surface area contributed by atoms with Crippen molar-refractivity contribution in [3.63, 3.8) is 0 Å². The zero-order valence-corrected chi connectivity index (χ0v) is 9.80. The molecule has 0 radical (unpaired) electrons. The van der Waals surface area contributed by atoms with Crippen molar-refractivity contribution < 1.29 is 0 Å². The van der Waals surface area contributed by atoms with Gasteiger partial charge in [0.05, 0.1) is 0 Å². The van der Waals surface area contributed by atoms with Crippen LogP contribution < -0.4 is 10.6 Å². The second-order valence-corrected chi connectivity index (χ2v) is 5.33. The van der Waals surface area contributed by atoms with Crippen LogP contribution in [-0.2, 0) is 6.42 Å². The highest BCUT2D eigenvalue weighted by Gasteiger charge is 2.21. The highest BCUT2D eigenvalue weighted by molar-refractivity contribution is 5.56. The summed E-state index contributed by atoms with van der Waals surface area (Å²) in [6.45, 7) is 7.64. The van der Waals surface area contributed by atoms with Crippen molar-refractivity contribution in [2.75, 3.05) is 11.9 Å². The van der Waals surface area contributed by atoms with E-state index >= 15 is 0 Å². The van der Waals surface area contributed by atoms with Crippen LogP contribution in [0.2, 0.25) is 0 Å². The summed E-state index contributed by atoms with van der Waals surface area (Å²) in [6.07, 6.45) is 1.14. The van der Waals surface area contributed by atoms with Crippen LogP contribution in [0.25, 0.3) is 0 Å². The van der Waals surface area contributed by atoms with E-state index in [9.17, 15) is 0 Å². The number of nitrogens with one attached hydrogen (secondary N) is 2. The van der Waals surface area contributed by atoms with E-state index in [1.807, 2.05) is 0 Å². The molecule has 1 aliphatic heterocycles. The zero-order valence-electron chi connectivity index (χ0n) is 9.80. The predicted molar refractivity (Wildman–Crippen MR) is 65.3 cm³/mol. The van der Waals surface area contributed by atoms with E-state index in [0.29, 0.717) is 6.04 Å². The van der Waals surface area contributed by atoms with Crippen molar-refractivity contribution in [2.24, 2.45) is 0 Å². The fourth-order valence-electron chi connectivity index (χ4n) is 1.93. The Kier molecular flexibility index (Phi) is 2.70. The number of fused-ring (bicyclic) bond motifs is 1. The highest BCUT2D eigenvalue weighted by atomic mass is 15.0. The molecule has 0 saturated heterocycles. The van der Waals surface area contributed by atoms with Gasteiger partial charge in [-0.1, -0.05) is 18.2 Å². The molecule has 1 atom stereocenters. The molecule has 1 heterocycles. The number of hydrogen-bond donors (Lipinski definition) is 2. The SMILES string of the molecule is CC(C)(C)NCC1Cc2ccccc2N1. The average Bonchev–Trinajstić information content (AvgIpc) is 2.56. The standard InChI is InChI=1S/C13H20N2/c1-13(2,3)14-9-11-8-10-6-4-5-7-12(10)15-11/h4-7,11,14-15H,8-9H2,1-3H3. The Balaban J connectivity index is 1.91. The smallest absolute Gasteiger partial charge is 0.0427 e. The first kappa shape index (κ1) is 10.5. The van der Waals surface area contributed by atoms with Gasteiger partial charge in [-0.25, -0.2) is 0 Å². The topological polar surface area (TPSA) is 24.1 Å². The number of hydrogen-bond acceptors (Lipinski definition) is 2. The lowest BCUT2D eigenvalue weighted by Crippen LogP contribution is -2.42. The third-order valence-corrected chi connectivity index (χ3v) is 2.72. The molecule has 1 aliphatic rings. The molecule has 0 amide bonds. The third kappa shape index (κ3) is 2.72. The minimum absolute atomic E-state index is 0.205. The van der Waals surface area contributed by atoms with Crippen LogP contribution in [0.3, 0.4) is 0 Å². The maximum Gasteiger partial charge on any atom is 0.0427 e. The predicted octanol–water partition coefficient (Wildman–Crippen LogP) is 2.41. The van der Waals surface area contributed by atoms with Crippen LogP contribution in [0, 0.1) is 0 Å². The molecule has 15 heavy (non-hydrogen) atoms. The summed E-state index contributed by atoms with van der Waals surface area (Å²) in [7, 11) is 0. The van der Waals surface area contributed by atoms with E-state index in [1.54, 1.807) is 0 Å². The van der Waals surface area contributed by atoms with Crippen LogP contribution in [-0.4, -0.2) is 18.1 Å². The van der Waals surface area contributed by atoms with Gasteiger partial charge in [-0.15, -0.1) is 0 Å². The number of anilines is 1. The molecule has 0 saturated carbocycles. The molecular weight excluding hydrogens is 184 g/mol. The molecule has 2 rings (SSSR count). The van der Waals surface area contributed by atoms with Crippen LogP contribution in [0.15, 0.2) is 24.3 Å². The molecule has 82 valence electrons. The van der Waals surface area contributed by atoms with Crippen molar-refractivity contribution in [3.05, 3.63) is 29.8 Å². The summed E-state index contributed by atoms with van der Waals surface area (Å²) >= 11 is 0. The Morgan fingerprint density at radius 1 is 1.33 bits per heavy atom. The molecule has 0 bridgehead atoms. The summed E-state index contributed by atoms with van der Waals surface area (Å²) in [4.78, 5) is 0. The number of benzene rings is 1. The van der Waals surface area contributed by atoms with Gasteiger partial charge in [0.15, 0.2) is 0 Å². The minimum Gasteiger partial charge on any atom is -0.380 e. The molecule has 2 N–H and O–H groups in total. The Morgan fingerprint density at radius 2 is 2.07 bits per heavy atom. The van der Waals surface area contributed by atoms with Gasteiger partial charge in [0, 0.05) is 23.8 Å². The fraction of sp³-hybridized carbons (Fsp3) is 0.538. The lowest BCUT2D eigenvalue weighted by molar-refractivity contribution is 0.414. The normalized spacial score (nSPS) is 19.8. The number of para-hydroxylation sites is 1. The molecular formula is C13H20N2. The maximum absolute atomic E-state index is 3.54. The Hall–Kier alpha value is -1.02. The van der Waals surface area contributed by atoms with Crippen LogP contribution >= 0.6 is 0 Å². The lowest BCUT2D eigenvalue weighted by Gasteiger charge is -2.23. The molecule has 0 aromatic heterocycles. The molecule has 2 heteroatoms. The average molecular weight is 204 g/mol. The molecule has 0 fully saturated rings. The lowest BCUT2D eigenvalue weighted by atomic mass is 10.1. The van der Waals surface area contributed by atoms with E-state index in [1.165, 1.54) is 11.3 Å². The van der Waals surface area contributed by atoms with Gasteiger partial charge >= 0.3 is 0 Å². The maximum atomic E-state index is 3.54. The Morgan fingerprint density at radius 3 is 2.73 bits per heavy atom. The largest absolute Gasteiger partial charge is 0.380 e. The molecule has 2 nitrogen and oxygen atoms in total. The van der Waals surface area contributed by atoms with Crippen molar-refractivity contribution >= 4 is 5.69 Å². The van der Waals surface area contributed by atoms with E-state index < -0.39 is 0 Å². The highest BCUT2D eigenvalue weighted by Crippen LogP contribution is 2.24. The second-order valence-electron chi connectivity index (χ2n) is 5.33. The van der Waals surface area contributed by atoms with Gasteiger partial charge in [0.1, 0.15) is 0 Å². The van der Waals surface area contributed by atoms with Crippen molar-refractivity contribution in [3.8, 4) is 0 Å². The summed E-state index contributed by atoms with van der Waals surface area (Å²) in [5.74, 6) is 0. The first-order valence-electron chi connectivity index (χ1n) is 5.64. The second kappa shape index (κ2) is 3.86. The fourth-order valence-corrected chi connectivity index (χ4v) is 1.93. The van der Waals surface area contributed by atoms with Gasteiger partial charge in [-0.2, -0.15) is 0 Å². The van der Waals surface area contributed by atoms with E-state index in [4.69, 9.17) is 0 Å². The van der Waals surface area contributed by atoms with Gasteiger partial charge in [0.25, 0.3) is 0 Å². The summed E-state index contributed by atoms with van der Waals surface area (Å²) < 4.78 is 0. The summed E-state index contributed by atoms with van der Waals surface area (Å²) in [5.41, 5.74) is 2.95. The van der Waals surface area contributed by atoms with Gasteiger partial charge in [0.2, 0.25) is 0 Å². The van der Waals surface area contributed by atoms with Crippen molar-refractivity contribution in [1.82, 2.24) is 5.32 Å². The van der Waals surface area contributed by atoms with Crippen LogP contribution in [0.4, 0.5) is 5.69 Å². The quantitative estimate of drug-likeness (QED) is 0.773. The van der Waals surface area contributed by atoms with Crippen LogP contribution in [0.5, 0.6) is 0 Å². The molecule has 1 aromatic rings.